The molecule has 2 heterocycles. The minimum atomic E-state index is -2.97. The molecule has 0 saturated carbocycles. The molecule has 2 aliphatic rings. The van der Waals surface area contributed by atoms with Gasteiger partial charge in [0, 0.05) is 12.1 Å². The number of aliphatic hydroxyl groups is 1. The number of amides is 1. The Hall–Kier alpha value is -2.26. The summed E-state index contributed by atoms with van der Waals surface area (Å²) >= 11 is 0. The summed E-state index contributed by atoms with van der Waals surface area (Å²) in [5.41, 5.74) is 0.576. The average molecular weight is 440 g/mol. The number of aliphatic hydroxyl groups excluding tert-OH is 1. The number of alkyl halides is 2. The molecule has 0 bridgehead atoms. The molecular formula is C22H31F2N3O4. The first-order chi connectivity index (χ1) is 14.4. The summed E-state index contributed by atoms with van der Waals surface area (Å²) in [4.78, 5) is 24.7. The van der Waals surface area contributed by atoms with E-state index in [0.29, 0.717) is 30.6 Å². The Morgan fingerprint density at radius 1 is 1.29 bits per heavy atom. The van der Waals surface area contributed by atoms with Crippen molar-refractivity contribution in [1.82, 2.24) is 10.2 Å². The van der Waals surface area contributed by atoms with E-state index in [9.17, 15) is 23.5 Å². The van der Waals surface area contributed by atoms with E-state index in [1.54, 1.807) is 45.0 Å². The Bertz CT molecular complexity index is 795. The van der Waals surface area contributed by atoms with Crippen LogP contribution in [0.25, 0.3) is 0 Å². The molecule has 0 spiro atoms. The summed E-state index contributed by atoms with van der Waals surface area (Å²) in [5.74, 6) is -4.60. The number of ether oxygens (including phenoxy) is 1. The van der Waals surface area contributed by atoms with Crippen LogP contribution in [0.5, 0.6) is 0 Å². The number of anilines is 1. The highest BCUT2D eigenvalue weighted by molar-refractivity contribution is 5.77. The minimum absolute atomic E-state index is 0.150. The second-order valence-electron chi connectivity index (χ2n) is 9.32. The Balaban J connectivity index is 1.58. The fourth-order valence-corrected chi connectivity index (χ4v) is 4.07. The molecule has 3 rings (SSSR count). The molecule has 3 unspecified atom stereocenters. The number of nitrogens with zero attached hydrogens (tertiary/aromatic N) is 1. The third-order valence-corrected chi connectivity index (χ3v) is 5.49. The maximum absolute atomic E-state index is 14.9. The SMILES string of the molecule is CC(C)(C)OC(=O)CN1CCC(c2ccc(NC3CCC(=O)NC3O)cc2)C(F)(F)C1. The highest BCUT2D eigenvalue weighted by atomic mass is 19.3. The lowest BCUT2D eigenvalue weighted by Crippen LogP contribution is -2.51. The van der Waals surface area contributed by atoms with Gasteiger partial charge in [-0.05, 0) is 57.9 Å². The second-order valence-corrected chi connectivity index (χ2v) is 9.32. The lowest BCUT2D eigenvalue weighted by Gasteiger charge is -2.38. The van der Waals surface area contributed by atoms with Gasteiger partial charge in [-0.15, -0.1) is 0 Å². The third-order valence-electron chi connectivity index (χ3n) is 5.49. The Morgan fingerprint density at radius 3 is 2.55 bits per heavy atom. The minimum Gasteiger partial charge on any atom is -0.459 e. The van der Waals surface area contributed by atoms with E-state index < -0.39 is 36.2 Å². The van der Waals surface area contributed by atoms with Gasteiger partial charge in [0.15, 0.2) is 0 Å². The van der Waals surface area contributed by atoms with Crippen molar-refractivity contribution < 1.29 is 28.2 Å². The van der Waals surface area contributed by atoms with E-state index >= 15 is 0 Å². The molecule has 0 radical (unpaired) electrons. The van der Waals surface area contributed by atoms with Crippen molar-refractivity contribution in [2.45, 2.75) is 69.7 Å². The van der Waals surface area contributed by atoms with Crippen LogP contribution in [0.15, 0.2) is 24.3 Å². The number of carbonyl (C=O) groups is 2. The predicted octanol–water partition coefficient (Wildman–Crippen LogP) is 2.46. The molecule has 172 valence electrons. The first kappa shape index (κ1) is 23.4. The number of benzene rings is 1. The molecule has 1 aromatic rings. The van der Waals surface area contributed by atoms with Crippen LogP contribution in [-0.2, 0) is 14.3 Å². The summed E-state index contributed by atoms with van der Waals surface area (Å²) in [6.07, 6.45) is 0.0549. The number of rotatable bonds is 5. The van der Waals surface area contributed by atoms with Crippen LogP contribution in [0, 0.1) is 0 Å². The van der Waals surface area contributed by atoms with Gasteiger partial charge < -0.3 is 20.5 Å². The number of carbonyl (C=O) groups excluding carboxylic acids is 2. The molecule has 2 aliphatic heterocycles. The second kappa shape index (κ2) is 9.08. The van der Waals surface area contributed by atoms with E-state index in [-0.39, 0.29) is 24.9 Å². The summed E-state index contributed by atoms with van der Waals surface area (Å²) < 4.78 is 35.0. The molecule has 9 heteroatoms. The molecular weight excluding hydrogens is 408 g/mol. The van der Waals surface area contributed by atoms with Gasteiger partial charge in [-0.2, -0.15) is 0 Å². The molecule has 1 aromatic carbocycles. The molecule has 31 heavy (non-hydrogen) atoms. The monoisotopic (exact) mass is 439 g/mol. The fourth-order valence-electron chi connectivity index (χ4n) is 4.07. The van der Waals surface area contributed by atoms with Gasteiger partial charge in [-0.1, -0.05) is 12.1 Å². The zero-order valence-electron chi connectivity index (χ0n) is 18.2. The summed E-state index contributed by atoms with van der Waals surface area (Å²) in [6, 6.07) is 6.42. The molecule has 1 amide bonds. The number of hydrogen-bond acceptors (Lipinski definition) is 6. The van der Waals surface area contributed by atoms with Crippen molar-refractivity contribution in [3.8, 4) is 0 Å². The van der Waals surface area contributed by atoms with Crippen LogP contribution in [0.2, 0.25) is 0 Å². The number of nitrogens with one attached hydrogen (secondary N) is 2. The first-order valence-corrected chi connectivity index (χ1v) is 10.6. The topological polar surface area (TPSA) is 90.9 Å². The van der Waals surface area contributed by atoms with E-state index in [0.717, 1.165) is 0 Å². The number of esters is 1. The molecule has 7 nitrogen and oxygen atoms in total. The van der Waals surface area contributed by atoms with E-state index in [4.69, 9.17) is 4.74 Å². The van der Waals surface area contributed by atoms with Crippen LogP contribution in [0.3, 0.4) is 0 Å². The molecule has 2 saturated heterocycles. The standard InChI is InChI=1S/C22H31F2N3O4/c1-21(2,3)31-19(29)12-27-11-10-16(22(23,24)13-27)14-4-6-15(7-5-14)25-17-8-9-18(28)26-20(17)30/h4-7,16-17,20,25,30H,8-13H2,1-3H3,(H,26,28). The van der Waals surface area contributed by atoms with Gasteiger partial charge in [0.25, 0.3) is 5.92 Å². The van der Waals surface area contributed by atoms with Gasteiger partial charge in [0.05, 0.1) is 25.0 Å². The Kier molecular flexibility index (Phi) is 6.85. The van der Waals surface area contributed by atoms with Crippen LogP contribution in [0.4, 0.5) is 14.5 Å². The van der Waals surface area contributed by atoms with Crippen molar-refractivity contribution in [3.63, 3.8) is 0 Å². The van der Waals surface area contributed by atoms with Gasteiger partial charge in [0.1, 0.15) is 11.8 Å². The third kappa shape index (κ3) is 6.36. The normalized spacial score (nSPS) is 26.8. The van der Waals surface area contributed by atoms with Crippen LogP contribution in [-0.4, -0.2) is 65.3 Å². The maximum Gasteiger partial charge on any atom is 0.320 e. The number of likely N-dealkylation sites (tertiary alicyclic amines) is 1. The molecule has 0 aliphatic carbocycles. The number of hydrogen-bond donors (Lipinski definition) is 3. The van der Waals surface area contributed by atoms with Gasteiger partial charge >= 0.3 is 5.97 Å². The first-order valence-electron chi connectivity index (χ1n) is 10.6. The summed E-state index contributed by atoms with van der Waals surface area (Å²) in [6.45, 7) is 4.97. The summed E-state index contributed by atoms with van der Waals surface area (Å²) in [7, 11) is 0. The Morgan fingerprint density at radius 2 is 1.97 bits per heavy atom. The van der Waals surface area contributed by atoms with Crippen molar-refractivity contribution in [3.05, 3.63) is 29.8 Å². The smallest absolute Gasteiger partial charge is 0.320 e. The van der Waals surface area contributed by atoms with Crippen LogP contribution < -0.4 is 10.6 Å². The van der Waals surface area contributed by atoms with Crippen molar-refractivity contribution in [2.75, 3.05) is 25.0 Å². The predicted molar refractivity (Wildman–Crippen MR) is 112 cm³/mol. The lowest BCUT2D eigenvalue weighted by molar-refractivity contribution is -0.159. The van der Waals surface area contributed by atoms with Crippen LogP contribution >= 0.6 is 0 Å². The van der Waals surface area contributed by atoms with E-state index in [1.807, 2.05) is 0 Å². The molecule has 0 aromatic heterocycles. The maximum atomic E-state index is 14.9. The Labute approximate surface area is 181 Å². The average Bonchev–Trinajstić information content (AvgIpc) is 2.62. The number of halogens is 2. The zero-order chi connectivity index (χ0) is 22.8. The van der Waals surface area contributed by atoms with E-state index in [2.05, 4.69) is 10.6 Å². The highest BCUT2D eigenvalue weighted by Crippen LogP contribution is 2.40. The number of piperidine rings is 2. The fraction of sp³-hybridized carbons (Fsp3) is 0.636. The van der Waals surface area contributed by atoms with Crippen molar-refractivity contribution in [2.24, 2.45) is 0 Å². The van der Waals surface area contributed by atoms with Gasteiger partial charge in [0.2, 0.25) is 5.91 Å². The molecule has 3 atom stereocenters. The van der Waals surface area contributed by atoms with Gasteiger partial charge in [-0.3, -0.25) is 14.5 Å². The molecule has 3 N–H and O–H groups in total. The zero-order valence-corrected chi connectivity index (χ0v) is 18.2. The molecule has 2 fully saturated rings. The van der Waals surface area contributed by atoms with Crippen LogP contribution in [0.1, 0.15) is 51.5 Å². The van der Waals surface area contributed by atoms with Crippen molar-refractivity contribution in [1.29, 1.82) is 0 Å². The van der Waals surface area contributed by atoms with E-state index in [1.165, 1.54) is 4.90 Å². The quantitative estimate of drug-likeness (QED) is 0.611. The lowest BCUT2D eigenvalue weighted by atomic mass is 9.86. The van der Waals surface area contributed by atoms with Gasteiger partial charge in [-0.25, -0.2) is 8.78 Å². The van der Waals surface area contributed by atoms with Crippen molar-refractivity contribution >= 4 is 17.6 Å². The summed E-state index contributed by atoms with van der Waals surface area (Å²) in [5, 5.41) is 15.6. The largest absolute Gasteiger partial charge is 0.459 e. The highest BCUT2D eigenvalue weighted by Gasteiger charge is 2.45.